The molecule has 0 radical (unpaired) electrons. The van der Waals surface area contributed by atoms with Crippen LogP contribution in [0.1, 0.15) is 44.2 Å². The Balaban J connectivity index is 1.87. The topological polar surface area (TPSA) is 15.3 Å². The van der Waals surface area contributed by atoms with Crippen LogP contribution in [0.2, 0.25) is 0 Å². The number of benzene rings is 1. The number of nitrogens with one attached hydrogen (secondary N) is 1. The Morgan fingerprint density at radius 3 is 2.65 bits per heavy atom. The molecule has 0 aromatic heterocycles. The zero-order valence-electron chi connectivity index (χ0n) is 12.7. The molecular formula is C17H27BrN2. The van der Waals surface area contributed by atoms with E-state index in [1.807, 2.05) is 0 Å². The minimum absolute atomic E-state index is 0.431. The van der Waals surface area contributed by atoms with E-state index in [1.165, 1.54) is 55.4 Å². The van der Waals surface area contributed by atoms with Crippen LogP contribution in [0, 0.1) is 5.92 Å². The Bertz CT molecular complexity index is 404. The van der Waals surface area contributed by atoms with Gasteiger partial charge in [0.25, 0.3) is 0 Å². The molecule has 1 aliphatic rings. The predicted octanol–water partition coefficient (Wildman–Crippen LogP) is 4.22. The van der Waals surface area contributed by atoms with Gasteiger partial charge in [0.05, 0.1) is 0 Å². The molecule has 1 unspecified atom stereocenters. The molecule has 2 nitrogen and oxygen atoms in total. The maximum absolute atomic E-state index is 3.67. The fourth-order valence-corrected chi connectivity index (χ4v) is 3.50. The largest absolute Gasteiger partial charge is 0.313 e. The van der Waals surface area contributed by atoms with Crippen molar-refractivity contribution in [1.82, 2.24) is 10.2 Å². The molecule has 1 saturated carbocycles. The lowest BCUT2D eigenvalue weighted by atomic mass is 9.85. The van der Waals surface area contributed by atoms with Crippen LogP contribution in [-0.4, -0.2) is 31.6 Å². The van der Waals surface area contributed by atoms with E-state index in [9.17, 15) is 0 Å². The minimum atomic E-state index is 0.431. The molecule has 112 valence electrons. The first-order valence-corrected chi connectivity index (χ1v) is 8.68. The van der Waals surface area contributed by atoms with Crippen LogP contribution in [0.25, 0.3) is 0 Å². The van der Waals surface area contributed by atoms with Crippen LogP contribution in [0.3, 0.4) is 0 Å². The second kappa shape index (κ2) is 8.16. The zero-order valence-corrected chi connectivity index (χ0v) is 14.3. The van der Waals surface area contributed by atoms with E-state index >= 15 is 0 Å². The second-order valence-electron chi connectivity index (χ2n) is 5.84. The van der Waals surface area contributed by atoms with Gasteiger partial charge in [-0.05, 0) is 56.9 Å². The Morgan fingerprint density at radius 2 is 2.10 bits per heavy atom. The highest BCUT2D eigenvalue weighted by atomic mass is 79.9. The first kappa shape index (κ1) is 16.0. The third-order valence-electron chi connectivity index (χ3n) is 4.55. The van der Waals surface area contributed by atoms with Crippen molar-refractivity contribution >= 4 is 15.9 Å². The lowest BCUT2D eigenvalue weighted by Crippen LogP contribution is -2.34. The van der Waals surface area contributed by atoms with Gasteiger partial charge in [-0.3, -0.25) is 0 Å². The van der Waals surface area contributed by atoms with Crippen LogP contribution in [0.15, 0.2) is 28.7 Å². The molecule has 0 amide bonds. The Labute approximate surface area is 132 Å². The summed E-state index contributed by atoms with van der Waals surface area (Å²) in [5.74, 6) is 0.964. The molecule has 20 heavy (non-hydrogen) atoms. The maximum atomic E-state index is 3.67. The third-order valence-corrected chi connectivity index (χ3v) is 5.27. The van der Waals surface area contributed by atoms with Gasteiger partial charge < -0.3 is 10.2 Å². The molecule has 0 spiro atoms. The van der Waals surface area contributed by atoms with Gasteiger partial charge in [0.1, 0.15) is 0 Å². The van der Waals surface area contributed by atoms with Crippen molar-refractivity contribution in [1.29, 1.82) is 0 Å². The molecule has 1 atom stereocenters. The first-order chi connectivity index (χ1) is 9.74. The van der Waals surface area contributed by atoms with Gasteiger partial charge in [-0.25, -0.2) is 0 Å². The number of hydrogen-bond acceptors (Lipinski definition) is 2. The van der Waals surface area contributed by atoms with Gasteiger partial charge in [0.2, 0.25) is 0 Å². The molecule has 0 heterocycles. The van der Waals surface area contributed by atoms with Crippen molar-refractivity contribution < 1.29 is 0 Å². The Hall–Kier alpha value is -0.380. The Morgan fingerprint density at radius 1 is 1.35 bits per heavy atom. The summed E-state index contributed by atoms with van der Waals surface area (Å²) >= 11 is 3.67. The fourth-order valence-electron chi connectivity index (χ4n) is 2.94. The van der Waals surface area contributed by atoms with Gasteiger partial charge in [0.15, 0.2) is 0 Å². The SMILES string of the molecule is CCN(CCC(NC)c1ccccc1Br)CC1CCC1. The summed E-state index contributed by atoms with van der Waals surface area (Å²) in [7, 11) is 2.06. The van der Waals surface area contributed by atoms with Crippen molar-refractivity contribution in [2.45, 2.75) is 38.6 Å². The van der Waals surface area contributed by atoms with E-state index in [4.69, 9.17) is 0 Å². The molecule has 0 bridgehead atoms. The van der Waals surface area contributed by atoms with Gasteiger partial charge in [0, 0.05) is 17.1 Å². The number of nitrogens with zero attached hydrogens (tertiary/aromatic N) is 1. The average Bonchev–Trinajstić information content (AvgIpc) is 2.42. The number of halogens is 1. The highest BCUT2D eigenvalue weighted by molar-refractivity contribution is 9.10. The predicted molar refractivity (Wildman–Crippen MR) is 90.0 cm³/mol. The van der Waals surface area contributed by atoms with Gasteiger partial charge in [-0.1, -0.05) is 47.5 Å². The standard InChI is InChI=1S/C17H27BrN2/c1-3-20(13-14-7-6-8-14)12-11-17(19-2)15-9-4-5-10-16(15)18/h4-5,9-10,14,17,19H,3,6-8,11-13H2,1-2H3. The van der Waals surface area contributed by atoms with Crippen molar-refractivity contribution in [3.63, 3.8) is 0 Å². The highest BCUT2D eigenvalue weighted by Crippen LogP contribution is 2.28. The molecule has 0 saturated heterocycles. The summed E-state index contributed by atoms with van der Waals surface area (Å²) in [4.78, 5) is 2.62. The van der Waals surface area contributed by atoms with Gasteiger partial charge in [-0.2, -0.15) is 0 Å². The van der Waals surface area contributed by atoms with Crippen LogP contribution >= 0.6 is 15.9 Å². The molecule has 1 fully saturated rings. The monoisotopic (exact) mass is 338 g/mol. The van der Waals surface area contributed by atoms with Crippen molar-refractivity contribution in [3.8, 4) is 0 Å². The van der Waals surface area contributed by atoms with Crippen LogP contribution in [0.4, 0.5) is 0 Å². The summed E-state index contributed by atoms with van der Waals surface area (Å²) in [6.45, 7) is 5.93. The summed E-state index contributed by atoms with van der Waals surface area (Å²) < 4.78 is 1.21. The summed E-state index contributed by atoms with van der Waals surface area (Å²) in [6, 6.07) is 8.98. The maximum Gasteiger partial charge on any atom is 0.0340 e. The fraction of sp³-hybridized carbons (Fsp3) is 0.647. The van der Waals surface area contributed by atoms with Crippen LogP contribution in [-0.2, 0) is 0 Å². The quantitative estimate of drug-likeness (QED) is 0.763. The number of rotatable bonds is 8. The normalized spacial score (nSPS) is 17.2. The number of hydrogen-bond donors (Lipinski definition) is 1. The van der Waals surface area contributed by atoms with Crippen molar-refractivity contribution in [2.24, 2.45) is 5.92 Å². The minimum Gasteiger partial charge on any atom is -0.313 e. The van der Waals surface area contributed by atoms with Gasteiger partial charge >= 0.3 is 0 Å². The summed E-state index contributed by atoms with van der Waals surface area (Å²) in [5, 5.41) is 3.46. The molecular weight excluding hydrogens is 312 g/mol. The Kier molecular flexibility index (Phi) is 6.53. The highest BCUT2D eigenvalue weighted by Gasteiger charge is 2.21. The smallest absolute Gasteiger partial charge is 0.0340 e. The third kappa shape index (κ3) is 4.31. The lowest BCUT2D eigenvalue weighted by Gasteiger charge is -2.32. The van der Waals surface area contributed by atoms with Crippen LogP contribution in [0.5, 0.6) is 0 Å². The molecule has 1 aromatic rings. The van der Waals surface area contributed by atoms with E-state index in [-0.39, 0.29) is 0 Å². The average molecular weight is 339 g/mol. The molecule has 1 aliphatic carbocycles. The zero-order chi connectivity index (χ0) is 14.4. The van der Waals surface area contributed by atoms with E-state index in [0.717, 1.165) is 5.92 Å². The van der Waals surface area contributed by atoms with E-state index in [1.54, 1.807) is 0 Å². The second-order valence-corrected chi connectivity index (χ2v) is 6.70. The lowest BCUT2D eigenvalue weighted by molar-refractivity contribution is 0.178. The van der Waals surface area contributed by atoms with E-state index in [2.05, 4.69) is 64.4 Å². The molecule has 3 heteroatoms. The molecule has 2 rings (SSSR count). The van der Waals surface area contributed by atoms with Crippen molar-refractivity contribution in [3.05, 3.63) is 34.3 Å². The summed E-state index contributed by atoms with van der Waals surface area (Å²) in [5.41, 5.74) is 1.37. The molecule has 1 aromatic carbocycles. The van der Waals surface area contributed by atoms with Crippen LogP contribution < -0.4 is 5.32 Å². The van der Waals surface area contributed by atoms with E-state index in [0.29, 0.717) is 6.04 Å². The molecule has 0 aliphatic heterocycles. The van der Waals surface area contributed by atoms with Gasteiger partial charge in [-0.15, -0.1) is 0 Å². The molecule has 1 N–H and O–H groups in total. The first-order valence-electron chi connectivity index (χ1n) is 7.88. The van der Waals surface area contributed by atoms with Crippen molar-refractivity contribution in [2.75, 3.05) is 26.7 Å². The summed E-state index contributed by atoms with van der Waals surface area (Å²) in [6.07, 6.45) is 5.49. The van der Waals surface area contributed by atoms with E-state index < -0.39 is 0 Å².